The van der Waals surface area contributed by atoms with Gasteiger partial charge in [-0.2, -0.15) is 0 Å². The van der Waals surface area contributed by atoms with Gasteiger partial charge >= 0.3 is 5.97 Å². The van der Waals surface area contributed by atoms with Crippen LogP contribution in [0.5, 0.6) is 0 Å². The Morgan fingerprint density at radius 3 is 2.56 bits per heavy atom. The summed E-state index contributed by atoms with van der Waals surface area (Å²) in [5.74, 6) is -0.0816. The van der Waals surface area contributed by atoms with Gasteiger partial charge in [0.25, 0.3) is 0 Å². The first-order valence-corrected chi connectivity index (χ1v) is 6.95. The lowest BCUT2D eigenvalue weighted by atomic mass is 10.0. The highest BCUT2D eigenvalue weighted by Crippen LogP contribution is 2.32. The van der Waals surface area contributed by atoms with Crippen LogP contribution in [0.2, 0.25) is 0 Å². The molecule has 1 heterocycles. The van der Waals surface area contributed by atoms with E-state index in [0.29, 0.717) is 19.1 Å². The summed E-state index contributed by atoms with van der Waals surface area (Å²) in [6, 6.07) is 0.446. The first-order valence-electron chi connectivity index (χ1n) is 6.95. The van der Waals surface area contributed by atoms with Crippen molar-refractivity contribution in [3.63, 3.8) is 0 Å². The number of likely N-dealkylation sites (N-methyl/N-ethyl adjacent to an activating group) is 1. The van der Waals surface area contributed by atoms with Crippen LogP contribution in [0.1, 0.15) is 53.4 Å². The minimum Gasteiger partial charge on any atom is -0.466 e. The zero-order valence-electron chi connectivity index (χ0n) is 12.4. The minimum absolute atomic E-state index is 0.0816. The van der Waals surface area contributed by atoms with E-state index in [1.54, 1.807) is 0 Å². The second-order valence-electron chi connectivity index (χ2n) is 5.50. The molecule has 0 N–H and O–H groups in total. The average Bonchev–Trinajstić information content (AvgIpc) is 2.45. The van der Waals surface area contributed by atoms with Gasteiger partial charge < -0.3 is 9.47 Å². The van der Waals surface area contributed by atoms with E-state index in [0.717, 1.165) is 19.3 Å². The summed E-state index contributed by atoms with van der Waals surface area (Å²) in [6.45, 7) is 8.64. The summed E-state index contributed by atoms with van der Waals surface area (Å²) in [4.78, 5) is 13.5. The van der Waals surface area contributed by atoms with E-state index in [1.807, 2.05) is 6.92 Å². The molecule has 0 aromatic carbocycles. The van der Waals surface area contributed by atoms with Gasteiger partial charge in [0.1, 0.15) is 5.72 Å². The number of carbonyl (C=O) groups excluding carboxylic acids is 1. The van der Waals surface area contributed by atoms with Crippen LogP contribution >= 0.6 is 0 Å². The second kappa shape index (κ2) is 6.53. The van der Waals surface area contributed by atoms with Crippen molar-refractivity contribution in [1.82, 2.24) is 4.90 Å². The molecule has 4 nitrogen and oxygen atoms in total. The largest absolute Gasteiger partial charge is 0.466 e. The molecule has 4 heteroatoms. The number of hydrogen-bond acceptors (Lipinski definition) is 4. The summed E-state index contributed by atoms with van der Waals surface area (Å²) in [6.07, 6.45) is 3.80. The number of carbonyl (C=O) groups is 1. The highest BCUT2D eigenvalue weighted by molar-refractivity contribution is 5.69. The van der Waals surface area contributed by atoms with Crippen molar-refractivity contribution in [2.75, 3.05) is 13.7 Å². The Labute approximate surface area is 111 Å². The number of rotatable bonds is 6. The molecule has 1 aliphatic rings. The van der Waals surface area contributed by atoms with Crippen LogP contribution in [0, 0.1) is 0 Å². The van der Waals surface area contributed by atoms with Crippen LogP contribution in [0.3, 0.4) is 0 Å². The lowest BCUT2D eigenvalue weighted by molar-refractivity contribution is -0.143. The fourth-order valence-corrected chi connectivity index (χ4v) is 2.62. The molecular weight excluding hydrogens is 230 g/mol. The van der Waals surface area contributed by atoms with Crippen molar-refractivity contribution in [1.29, 1.82) is 0 Å². The van der Waals surface area contributed by atoms with Gasteiger partial charge in [-0.3, -0.25) is 9.69 Å². The van der Waals surface area contributed by atoms with Gasteiger partial charge in [0.2, 0.25) is 0 Å². The Morgan fingerprint density at radius 1 is 1.39 bits per heavy atom. The molecule has 0 spiro atoms. The molecule has 1 aliphatic heterocycles. The molecule has 0 amide bonds. The lowest BCUT2D eigenvalue weighted by Gasteiger charge is -2.29. The van der Waals surface area contributed by atoms with Gasteiger partial charge in [0.05, 0.1) is 12.7 Å². The van der Waals surface area contributed by atoms with Gasteiger partial charge in [-0.25, -0.2) is 0 Å². The molecule has 1 saturated heterocycles. The number of nitrogens with zero attached hydrogens (tertiary/aromatic N) is 1. The van der Waals surface area contributed by atoms with Gasteiger partial charge in [0.15, 0.2) is 0 Å². The van der Waals surface area contributed by atoms with E-state index < -0.39 is 0 Å². The Hall–Kier alpha value is -0.610. The van der Waals surface area contributed by atoms with E-state index in [4.69, 9.17) is 9.47 Å². The monoisotopic (exact) mass is 257 g/mol. The summed E-state index contributed by atoms with van der Waals surface area (Å²) < 4.78 is 10.8. The van der Waals surface area contributed by atoms with Crippen LogP contribution in [0.25, 0.3) is 0 Å². The van der Waals surface area contributed by atoms with E-state index in [1.165, 1.54) is 0 Å². The predicted octanol–water partition coefficient (Wildman–Crippen LogP) is 2.57. The Kier molecular flexibility index (Phi) is 5.60. The van der Waals surface area contributed by atoms with Crippen molar-refractivity contribution < 1.29 is 14.3 Å². The van der Waals surface area contributed by atoms with E-state index in [2.05, 4.69) is 32.7 Å². The molecule has 1 fully saturated rings. The molecule has 106 valence electrons. The van der Waals surface area contributed by atoms with Crippen molar-refractivity contribution in [3.8, 4) is 0 Å². The van der Waals surface area contributed by atoms with Crippen molar-refractivity contribution in [2.24, 2.45) is 0 Å². The summed E-state index contributed by atoms with van der Waals surface area (Å²) in [5, 5.41) is 0. The first kappa shape index (κ1) is 15.4. The maximum absolute atomic E-state index is 11.2. The number of unbranched alkanes of at least 4 members (excludes halogenated alkanes) is 1. The van der Waals surface area contributed by atoms with Gasteiger partial charge in [0, 0.05) is 12.5 Å². The normalized spacial score (nSPS) is 27.4. The molecule has 0 aromatic heterocycles. The van der Waals surface area contributed by atoms with Crippen molar-refractivity contribution >= 4 is 5.97 Å². The SMILES string of the molecule is CCOC(=O)CCCC[C@H]1[C@@H](C)OC(C)(C)N1C. The fraction of sp³-hybridized carbons (Fsp3) is 0.929. The maximum atomic E-state index is 11.2. The summed E-state index contributed by atoms with van der Waals surface area (Å²) in [7, 11) is 2.11. The topological polar surface area (TPSA) is 38.8 Å². The third kappa shape index (κ3) is 3.95. The van der Waals surface area contributed by atoms with E-state index >= 15 is 0 Å². The van der Waals surface area contributed by atoms with E-state index in [-0.39, 0.29) is 17.8 Å². The Morgan fingerprint density at radius 2 is 2.06 bits per heavy atom. The van der Waals surface area contributed by atoms with Crippen LogP contribution in [0.4, 0.5) is 0 Å². The van der Waals surface area contributed by atoms with Gasteiger partial charge in [-0.15, -0.1) is 0 Å². The lowest BCUT2D eigenvalue weighted by Crippen LogP contribution is -2.40. The molecule has 0 bridgehead atoms. The fourth-order valence-electron chi connectivity index (χ4n) is 2.62. The van der Waals surface area contributed by atoms with Crippen LogP contribution in [0.15, 0.2) is 0 Å². The number of hydrogen-bond donors (Lipinski definition) is 0. The van der Waals surface area contributed by atoms with Crippen LogP contribution in [-0.2, 0) is 14.3 Å². The zero-order valence-corrected chi connectivity index (χ0v) is 12.4. The molecule has 0 saturated carbocycles. The maximum Gasteiger partial charge on any atom is 0.305 e. The highest BCUT2D eigenvalue weighted by Gasteiger charge is 2.42. The second-order valence-corrected chi connectivity index (χ2v) is 5.50. The standard InChI is InChI=1S/C14H27NO3/c1-6-17-13(16)10-8-7-9-12-11(2)18-14(3,4)15(12)5/h11-12H,6-10H2,1-5H3/t11-,12+/m1/s1. The molecule has 0 aromatic rings. The predicted molar refractivity (Wildman–Crippen MR) is 71.3 cm³/mol. The third-order valence-electron chi connectivity index (χ3n) is 3.80. The van der Waals surface area contributed by atoms with Crippen LogP contribution < -0.4 is 0 Å². The summed E-state index contributed by atoms with van der Waals surface area (Å²) in [5.41, 5.74) is -0.175. The summed E-state index contributed by atoms with van der Waals surface area (Å²) >= 11 is 0. The zero-order chi connectivity index (χ0) is 13.8. The first-order chi connectivity index (χ1) is 8.38. The minimum atomic E-state index is -0.175. The number of esters is 1. The molecule has 0 unspecified atom stereocenters. The molecule has 18 heavy (non-hydrogen) atoms. The molecule has 2 atom stereocenters. The smallest absolute Gasteiger partial charge is 0.305 e. The quantitative estimate of drug-likeness (QED) is 0.541. The molecular formula is C14H27NO3. The molecule has 0 aliphatic carbocycles. The van der Waals surface area contributed by atoms with E-state index in [9.17, 15) is 4.79 Å². The van der Waals surface area contributed by atoms with Gasteiger partial charge in [-0.1, -0.05) is 6.42 Å². The number of ether oxygens (including phenoxy) is 2. The Balaban J connectivity index is 2.25. The third-order valence-corrected chi connectivity index (χ3v) is 3.80. The van der Waals surface area contributed by atoms with Gasteiger partial charge in [-0.05, 0) is 47.6 Å². The molecule has 1 rings (SSSR count). The van der Waals surface area contributed by atoms with Crippen molar-refractivity contribution in [2.45, 2.75) is 71.2 Å². The average molecular weight is 257 g/mol. The molecule has 0 radical (unpaired) electrons. The highest BCUT2D eigenvalue weighted by atomic mass is 16.5. The Bertz CT molecular complexity index is 278. The van der Waals surface area contributed by atoms with Crippen LogP contribution in [-0.4, -0.2) is 42.4 Å². The van der Waals surface area contributed by atoms with Crippen molar-refractivity contribution in [3.05, 3.63) is 0 Å².